The zero-order valence-electron chi connectivity index (χ0n) is 9.00. The van der Waals surface area contributed by atoms with E-state index in [1.165, 1.54) is 0 Å². The Hall–Kier alpha value is -0.440. The zero-order valence-corrected chi connectivity index (χ0v) is 10.6. The third-order valence-electron chi connectivity index (χ3n) is 2.27. The molecule has 0 aliphatic rings. The maximum Gasteiger partial charge on any atom is 0.115 e. The van der Waals surface area contributed by atoms with Crippen LogP contribution in [0.1, 0.15) is 32.2 Å². The van der Waals surface area contributed by atoms with Gasteiger partial charge in [0.1, 0.15) is 6.33 Å². The summed E-state index contributed by atoms with van der Waals surface area (Å²) < 4.78 is 0. The van der Waals surface area contributed by atoms with Gasteiger partial charge in [0.15, 0.2) is 0 Å². The summed E-state index contributed by atoms with van der Waals surface area (Å²) in [7, 11) is 0. The van der Waals surface area contributed by atoms with Crippen LogP contribution < -0.4 is 0 Å². The van der Waals surface area contributed by atoms with E-state index in [4.69, 9.17) is 0 Å². The molecule has 0 saturated heterocycles. The van der Waals surface area contributed by atoms with E-state index in [1.807, 2.05) is 0 Å². The molecule has 0 aliphatic heterocycles. The Morgan fingerprint density at radius 2 is 1.93 bits per heavy atom. The van der Waals surface area contributed by atoms with Crippen LogP contribution in [0.5, 0.6) is 0 Å². The number of aryl methyl sites for hydroxylation is 1. The summed E-state index contributed by atoms with van der Waals surface area (Å²) in [6.07, 6.45) is 3.62. The number of halogens is 1. The number of hydrogen-bond acceptors (Lipinski definition) is 2. The second-order valence-electron chi connectivity index (χ2n) is 3.82. The van der Waals surface area contributed by atoms with E-state index in [1.54, 1.807) is 6.33 Å². The molecular weight excluding hydrogens is 240 g/mol. The molecule has 1 atom stereocenters. The van der Waals surface area contributed by atoms with Gasteiger partial charge in [0, 0.05) is 22.6 Å². The van der Waals surface area contributed by atoms with Gasteiger partial charge in [-0.05, 0) is 18.4 Å². The first-order valence-corrected chi connectivity index (χ1v) is 5.99. The summed E-state index contributed by atoms with van der Waals surface area (Å²) >= 11 is 3.66. The van der Waals surface area contributed by atoms with Gasteiger partial charge in [0.05, 0.1) is 0 Å². The minimum absolute atomic E-state index is 0.502. The van der Waals surface area contributed by atoms with Crippen LogP contribution >= 0.6 is 15.9 Å². The molecule has 1 heterocycles. The molecule has 14 heavy (non-hydrogen) atoms. The van der Waals surface area contributed by atoms with E-state index in [0.717, 1.165) is 24.2 Å². The molecule has 0 aliphatic carbocycles. The van der Waals surface area contributed by atoms with Gasteiger partial charge in [-0.1, -0.05) is 36.7 Å². The van der Waals surface area contributed by atoms with Gasteiger partial charge in [0.2, 0.25) is 0 Å². The van der Waals surface area contributed by atoms with Crippen LogP contribution in [0, 0.1) is 5.92 Å². The fourth-order valence-electron chi connectivity index (χ4n) is 1.18. The lowest BCUT2D eigenvalue weighted by atomic mass is 10.1. The molecule has 3 heteroatoms. The maximum absolute atomic E-state index is 4.27. The first kappa shape index (κ1) is 11.6. The summed E-state index contributed by atoms with van der Waals surface area (Å²) in [5, 5.41) is 0. The average Bonchev–Trinajstić information content (AvgIpc) is 2.18. The minimum Gasteiger partial charge on any atom is -0.241 e. The van der Waals surface area contributed by atoms with E-state index < -0.39 is 0 Å². The number of rotatable bonds is 4. The molecule has 0 fully saturated rings. The SMILES string of the molecule is CCc1cc(CC(Br)C(C)C)ncn1. The summed E-state index contributed by atoms with van der Waals surface area (Å²) in [5.41, 5.74) is 2.26. The molecule has 0 saturated carbocycles. The van der Waals surface area contributed by atoms with Gasteiger partial charge < -0.3 is 0 Å². The van der Waals surface area contributed by atoms with Crippen LogP contribution in [-0.4, -0.2) is 14.8 Å². The molecule has 0 bridgehead atoms. The first-order valence-electron chi connectivity index (χ1n) is 5.07. The number of alkyl halides is 1. The number of nitrogens with zero attached hydrogens (tertiary/aromatic N) is 2. The smallest absolute Gasteiger partial charge is 0.115 e. The Bertz CT molecular complexity index is 286. The van der Waals surface area contributed by atoms with Gasteiger partial charge >= 0.3 is 0 Å². The van der Waals surface area contributed by atoms with Crippen molar-refractivity contribution in [3.05, 3.63) is 23.8 Å². The normalized spacial score (nSPS) is 13.2. The van der Waals surface area contributed by atoms with Crippen molar-refractivity contribution in [2.75, 3.05) is 0 Å². The molecule has 2 nitrogen and oxygen atoms in total. The highest BCUT2D eigenvalue weighted by atomic mass is 79.9. The van der Waals surface area contributed by atoms with E-state index in [-0.39, 0.29) is 0 Å². The molecule has 1 rings (SSSR count). The number of hydrogen-bond donors (Lipinski definition) is 0. The summed E-state index contributed by atoms with van der Waals surface area (Å²) in [5.74, 6) is 0.634. The van der Waals surface area contributed by atoms with Crippen molar-refractivity contribution >= 4 is 15.9 Å². The lowest BCUT2D eigenvalue weighted by Crippen LogP contribution is -2.12. The fraction of sp³-hybridized carbons (Fsp3) is 0.636. The van der Waals surface area contributed by atoms with Gasteiger partial charge in [-0.15, -0.1) is 0 Å². The Labute approximate surface area is 94.3 Å². The molecule has 0 radical (unpaired) electrons. The second kappa shape index (κ2) is 5.44. The van der Waals surface area contributed by atoms with Crippen LogP contribution in [0.3, 0.4) is 0 Å². The van der Waals surface area contributed by atoms with Gasteiger partial charge in [-0.25, -0.2) is 9.97 Å². The van der Waals surface area contributed by atoms with Crippen LogP contribution in [0.15, 0.2) is 12.4 Å². The van der Waals surface area contributed by atoms with Crippen molar-refractivity contribution in [2.45, 2.75) is 38.4 Å². The third-order valence-corrected chi connectivity index (χ3v) is 3.65. The second-order valence-corrected chi connectivity index (χ2v) is 4.99. The standard InChI is InChI=1S/C11H17BrN2/c1-4-9-5-10(14-7-13-9)6-11(12)8(2)3/h5,7-8,11H,4,6H2,1-3H3. The average molecular weight is 257 g/mol. The molecule has 78 valence electrons. The minimum atomic E-state index is 0.502. The molecule has 0 spiro atoms. The van der Waals surface area contributed by atoms with E-state index >= 15 is 0 Å². The van der Waals surface area contributed by atoms with Crippen LogP contribution in [0.4, 0.5) is 0 Å². The Balaban J connectivity index is 2.66. The van der Waals surface area contributed by atoms with Crippen molar-refractivity contribution in [1.29, 1.82) is 0 Å². The largest absolute Gasteiger partial charge is 0.241 e. The Morgan fingerprint density at radius 1 is 1.29 bits per heavy atom. The zero-order chi connectivity index (χ0) is 10.6. The molecule has 0 amide bonds. The monoisotopic (exact) mass is 256 g/mol. The van der Waals surface area contributed by atoms with Crippen molar-refractivity contribution < 1.29 is 0 Å². The topological polar surface area (TPSA) is 25.8 Å². The molecule has 0 aromatic carbocycles. The highest BCUT2D eigenvalue weighted by molar-refractivity contribution is 9.09. The van der Waals surface area contributed by atoms with Crippen molar-refractivity contribution in [3.8, 4) is 0 Å². The highest BCUT2D eigenvalue weighted by Crippen LogP contribution is 2.16. The predicted molar refractivity (Wildman–Crippen MR) is 62.7 cm³/mol. The van der Waals surface area contributed by atoms with Crippen LogP contribution in [-0.2, 0) is 12.8 Å². The van der Waals surface area contributed by atoms with Gasteiger partial charge in [0.25, 0.3) is 0 Å². The molecule has 0 N–H and O–H groups in total. The quantitative estimate of drug-likeness (QED) is 0.775. The molecular formula is C11H17BrN2. The molecule has 1 aromatic heterocycles. The molecule has 1 aromatic rings. The van der Waals surface area contributed by atoms with E-state index in [0.29, 0.717) is 10.7 Å². The third kappa shape index (κ3) is 3.37. The Kier molecular flexibility index (Phi) is 4.52. The van der Waals surface area contributed by atoms with Crippen molar-refractivity contribution in [3.63, 3.8) is 0 Å². The van der Waals surface area contributed by atoms with Gasteiger partial charge in [-0.3, -0.25) is 0 Å². The number of aromatic nitrogens is 2. The highest BCUT2D eigenvalue weighted by Gasteiger charge is 2.10. The fourth-order valence-corrected chi connectivity index (χ4v) is 1.52. The van der Waals surface area contributed by atoms with E-state index in [9.17, 15) is 0 Å². The van der Waals surface area contributed by atoms with Crippen molar-refractivity contribution in [2.24, 2.45) is 5.92 Å². The predicted octanol–water partition coefficient (Wildman–Crippen LogP) is 3.00. The van der Waals surface area contributed by atoms with Crippen LogP contribution in [0.25, 0.3) is 0 Å². The van der Waals surface area contributed by atoms with Gasteiger partial charge in [-0.2, -0.15) is 0 Å². The molecule has 1 unspecified atom stereocenters. The lowest BCUT2D eigenvalue weighted by Gasteiger charge is -2.12. The van der Waals surface area contributed by atoms with E-state index in [2.05, 4.69) is 52.7 Å². The first-order chi connectivity index (χ1) is 6.63. The summed E-state index contributed by atoms with van der Waals surface area (Å²) in [6, 6.07) is 2.09. The summed E-state index contributed by atoms with van der Waals surface area (Å²) in [4.78, 5) is 8.95. The van der Waals surface area contributed by atoms with Crippen LogP contribution in [0.2, 0.25) is 0 Å². The lowest BCUT2D eigenvalue weighted by molar-refractivity contribution is 0.606. The maximum atomic E-state index is 4.27. The van der Waals surface area contributed by atoms with Crippen molar-refractivity contribution in [1.82, 2.24) is 9.97 Å². The Morgan fingerprint density at radius 3 is 2.50 bits per heavy atom. The summed E-state index contributed by atoms with van der Waals surface area (Å²) in [6.45, 7) is 6.53.